The fraction of sp³-hybridized carbons (Fsp3) is 0.179. The Labute approximate surface area is 203 Å². The number of aromatic nitrogens is 1. The predicted molar refractivity (Wildman–Crippen MR) is 138 cm³/mol. The molecule has 5 nitrogen and oxygen atoms in total. The van der Waals surface area contributed by atoms with E-state index in [1.165, 1.54) is 7.11 Å². The molecule has 1 aromatic heterocycles. The molecule has 0 aliphatic heterocycles. The van der Waals surface area contributed by atoms with Gasteiger partial charge in [-0.05, 0) is 35.6 Å². The maximum absolute atomic E-state index is 13.9. The number of esters is 1. The number of fused-ring (bicyclic) bond motifs is 1. The number of nitrogens with zero attached hydrogens (tertiary/aromatic N) is 1. The van der Waals surface area contributed by atoms with Crippen molar-refractivity contribution in [2.24, 2.45) is 0 Å². The molecule has 0 radical (unpaired) electrons. The van der Waals surface area contributed by atoms with E-state index < -0.39 is 12.0 Å². The smallest absolute Gasteiger partial charge is 0.333 e. The standard InChI is InChI=1S/C28H26N2O3S/c1-33-28(32)26(20-13-7-4-8-14-20)30-27(31)24-21-15-9-10-16-23(21)29-25(22(24)17-18-34-2)19-11-5-3-6-12-19/h3-16,26H,17-18H2,1-2H3,(H,30,31). The van der Waals surface area contributed by atoms with Gasteiger partial charge in [-0.15, -0.1) is 0 Å². The molecule has 0 saturated heterocycles. The van der Waals surface area contributed by atoms with Crippen LogP contribution in [0.2, 0.25) is 0 Å². The van der Waals surface area contributed by atoms with Crippen LogP contribution in [0.25, 0.3) is 22.2 Å². The topological polar surface area (TPSA) is 68.3 Å². The van der Waals surface area contributed by atoms with E-state index in [0.29, 0.717) is 17.5 Å². The zero-order valence-corrected chi connectivity index (χ0v) is 20.0. The van der Waals surface area contributed by atoms with Crippen molar-refractivity contribution in [2.45, 2.75) is 12.5 Å². The van der Waals surface area contributed by atoms with Gasteiger partial charge in [-0.25, -0.2) is 9.78 Å². The Hall–Kier alpha value is -3.64. The number of para-hydroxylation sites is 1. The summed E-state index contributed by atoms with van der Waals surface area (Å²) in [6, 6.07) is 25.7. The number of benzene rings is 3. The van der Waals surface area contributed by atoms with Crippen molar-refractivity contribution in [1.82, 2.24) is 10.3 Å². The number of thioether (sulfide) groups is 1. The van der Waals surface area contributed by atoms with Gasteiger partial charge in [-0.1, -0.05) is 78.9 Å². The molecule has 0 spiro atoms. The molecule has 6 heteroatoms. The van der Waals surface area contributed by atoms with Gasteiger partial charge >= 0.3 is 5.97 Å². The van der Waals surface area contributed by atoms with E-state index >= 15 is 0 Å². The lowest BCUT2D eigenvalue weighted by Gasteiger charge is -2.21. The molecule has 1 amide bonds. The minimum atomic E-state index is -0.917. The van der Waals surface area contributed by atoms with Crippen molar-refractivity contribution in [2.75, 3.05) is 19.1 Å². The Kier molecular flexibility index (Phi) is 7.60. The van der Waals surface area contributed by atoms with E-state index in [9.17, 15) is 9.59 Å². The largest absolute Gasteiger partial charge is 0.467 e. The van der Waals surface area contributed by atoms with E-state index in [2.05, 4.69) is 5.32 Å². The zero-order valence-electron chi connectivity index (χ0n) is 19.2. The molecule has 1 heterocycles. The molecule has 0 aliphatic carbocycles. The lowest BCUT2D eigenvalue weighted by Crippen LogP contribution is -2.35. The van der Waals surface area contributed by atoms with Gasteiger partial charge in [0.1, 0.15) is 0 Å². The average Bonchev–Trinajstić information content (AvgIpc) is 2.90. The maximum Gasteiger partial charge on any atom is 0.333 e. The summed E-state index contributed by atoms with van der Waals surface area (Å²) in [6.45, 7) is 0. The number of carbonyl (C=O) groups is 2. The van der Waals surface area contributed by atoms with E-state index in [1.54, 1.807) is 23.9 Å². The Morgan fingerprint density at radius 3 is 2.26 bits per heavy atom. The van der Waals surface area contributed by atoms with Crippen LogP contribution in [0.4, 0.5) is 0 Å². The number of hydrogen-bond acceptors (Lipinski definition) is 5. The van der Waals surface area contributed by atoms with Crippen molar-refractivity contribution >= 4 is 34.5 Å². The minimum absolute atomic E-state index is 0.328. The molecule has 0 aliphatic rings. The first kappa shape index (κ1) is 23.5. The van der Waals surface area contributed by atoms with Gasteiger partial charge < -0.3 is 10.1 Å². The summed E-state index contributed by atoms with van der Waals surface area (Å²) < 4.78 is 5.01. The lowest BCUT2D eigenvalue weighted by molar-refractivity contribution is -0.143. The summed E-state index contributed by atoms with van der Waals surface area (Å²) in [5, 5.41) is 3.70. The summed E-state index contributed by atoms with van der Waals surface area (Å²) in [5.41, 5.74) is 4.54. The SMILES string of the molecule is COC(=O)C(NC(=O)c1c(CCSC)c(-c2ccccc2)nc2ccccc12)c1ccccc1. The van der Waals surface area contributed by atoms with Crippen LogP contribution in [-0.2, 0) is 16.0 Å². The maximum atomic E-state index is 13.9. The van der Waals surface area contributed by atoms with Gasteiger partial charge in [0.2, 0.25) is 0 Å². The van der Waals surface area contributed by atoms with Crippen LogP contribution < -0.4 is 5.32 Å². The highest BCUT2D eigenvalue weighted by molar-refractivity contribution is 7.98. The van der Waals surface area contributed by atoms with Crippen molar-refractivity contribution in [3.63, 3.8) is 0 Å². The highest BCUT2D eigenvalue weighted by atomic mass is 32.2. The third-order valence-electron chi connectivity index (χ3n) is 5.67. The van der Waals surface area contributed by atoms with Gasteiger partial charge in [0.25, 0.3) is 5.91 Å². The molecule has 172 valence electrons. The molecule has 0 fully saturated rings. The molecular weight excluding hydrogens is 444 g/mol. The van der Waals surface area contributed by atoms with Crippen molar-refractivity contribution in [3.05, 3.63) is 102 Å². The summed E-state index contributed by atoms with van der Waals surface area (Å²) in [6.07, 6.45) is 2.71. The number of hydrogen-bond donors (Lipinski definition) is 1. The van der Waals surface area contributed by atoms with Gasteiger partial charge in [-0.2, -0.15) is 11.8 Å². The minimum Gasteiger partial charge on any atom is -0.467 e. The quantitative estimate of drug-likeness (QED) is 0.347. The van der Waals surface area contributed by atoms with Crippen molar-refractivity contribution < 1.29 is 14.3 Å². The third kappa shape index (κ3) is 4.97. The second kappa shape index (κ2) is 11.0. The summed E-state index contributed by atoms with van der Waals surface area (Å²) in [4.78, 5) is 31.5. The van der Waals surface area contributed by atoms with Gasteiger partial charge in [0, 0.05) is 10.9 Å². The van der Waals surface area contributed by atoms with Gasteiger partial charge in [0.15, 0.2) is 6.04 Å². The van der Waals surface area contributed by atoms with Crippen molar-refractivity contribution in [3.8, 4) is 11.3 Å². The number of ether oxygens (including phenoxy) is 1. The van der Waals surface area contributed by atoms with Crippen LogP contribution in [0.5, 0.6) is 0 Å². The van der Waals surface area contributed by atoms with E-state index in [1.807, 2.05) is 79.1 Å². The summed E-state index contributed by atoms with van der Waals surface area (Å²) >= 11 is 1.71. The lowest BCUT2D eigenvalue weighted by atomic mass is 9.94. The van der Waals surface area contributed by atoms with Crippen LogP contribution >= 0.6 is 11.8 Å². The normalized spacial score (nSPS) is 11.7. The van der Waals surface area contributed by atoms with E-state index in [0.717, 1.165) is 33.5 Å². The summed E-state index contributed by atoms with van der Waals surface area (Å²) in [5.74, 6) is -0.0165. The Morgan fingerprint density at radius 1 is 0.941 bits per heavy atom. The molecule has 1 unspecified atom stereocenters. The molecule has 4 aromatic rings. The number of carbonyl (C=O) groups excluding carboxylic acids is 2. The fourth-order valence-corrected chi connectivity index (χ4v) is 4.45. The Bertz CT molecular complexity index is 1290. The van der Waals surface area contributed by atoms with Crippen LogP contribution in [-0.4, -0.2) is 36.0 Å². The van der Waals surface area contributed by atoms with Crippen LogP contribution in [0.1, 0.15) is 27.5 Å². The van der Waals surface area contributed by atoms with Gasteiger partial charge in [0.05, 0.1) is 23.9 Å². The second-order valence-electron chi connectivity index (χ2n) is 7.78. The molecule has 0 saturated carbocycles. The molecular formula is C28H26N2O3S. The monoisotopic (exact) mass is 470 g/mol. The first-order valence-corrected chi connectivity index (χ1v) is 12.4. The summed E-state index contributed by atoms with van der Waals surface area (Å²) in [7, 11) is 1.32. The van der Waals surface area contributed by atoms with Gasteiger partial charge in [-0.3, -0.25) is 4.79 Å². The number of nitrogens with one attached hydrogen (secondary N) is 1. The Morgan fingerprint density at radius 2 is 1.59 bits per heavy atom. The number of methoxy groups -OCH3 is 1. The van der Waals surface area contributed by atoms with Crippen LogP contribution in [0.15, 0.2) is 84.9 Å². The molecule has 4 rings (SSSR count). The highest BCUT2D eigenvalue weighted by Crippen LogP contribution is 2.32. The van der Waals surface area contributed by atoms with Crippen molar-refractivity contribution in [1.29, 1.82) is 0 Å². The first-order chi connectivity index (χ1) is 16.6. The highest BCUT2D eigenvalue weighted by Gasteiger charge is 2.27. The molecule has 1 atom stereocenters. The molecule has 3 aromatic carbocycles. The van der Waals surface area contributed by atoms with E-state index in [4.69, 9.17) is 9.72 Å². The Balaban J connectivity index is 1.89. The molecule has 0 bridgehead atoms. The average molecular weight is 471 g/mol. The first-order valence-electron chi connectivity index (χ1n) is 11.0. The molecule has 1 N–H and O–H groups in total. The van der Waals surface area contributed by atoms with E-state index in [-0.39, 0.29) is 5.91 Å². The number of pyridine rings is 1. The van der Waals surface area contributed by atoms with Crippen LogP contribution in [0.3, 0.4) is 0 Å². The molecule has 34 heavy (non-hydrogen) atoms. The zero-order chi connectivity index (χ0) is 23.9. The number of rotatable bonds is 8. The third-order valence-corrected chi connectivity index (χ3v) is 6.28. The predicted octanol–water partition coefficient (Wildman–Crippen LogP) is 5.45. The number of amides is 1. The fourth-order valence-electron chi connectivity index (χ4n) is 4.04. The second-order valence-corrected chi connectivity index (χ2v) is 8.77. The van der Waals surface area contributed by atoms with Crippen LogP contribution in [0, 0.1) is 0 Å².